The van der Waals surface area contributed by atoms with Gasteiger partial charge in [0.1, 0.15) is 6.10 Å². The molecule has 0 aromatic heterocycles. The first kappa shape index (κ1) is 15.1. The van der Waals surface area contributed by atoms with E-state index < -0.39 is 18.2 Å². The van der Waals surface area contributed by atoms with Crippen LogP contribution in [0.25, 0.3) is 0 Å². The molecule has 0 saturated carbocycles. The van der Waals surface area contributed by atoms with Crippen molar-refractivity contribution in [2.75, 3.05) is 6.61 Å². The highest BCUT2D eigenvalue weighted by atomic mass is 79.9. The molecule has 5 heteroatoms. The minimum atomic E-state index is -1.57. The summed E-state index contributed by atoms with van der Waals surface area (Å²) in [4.78, 5) is 11.4. The smallest absolute Gasteiger partial charge is 0.338 e. The Labute approximate surface area is 115 Å². The van der Waals surface area contributed by atoms with Crippen LogP contribution < -0.4 is 0 Å². The van der Waals surface area contributed by atoms with Crippen LogP contribution in [0.15, 0.2) is 16.6 Å². The zero-order chi connectivity index (χ0) is 13.9. The van der Waals surface area contributed by atoms with Crippen LogP contribution in [-0.4, -0.2) is 28.9 Å². The van der Waals surface area contributed by atoms with Gasteiger partial charge in [0.2, 0.25) is 0 Å². The van der Waals surface area contributed by atoms with E-state index >= 15 is 0 Å². The minimum Gasteiger partial charge on any atom is -0.464 e. The van der Waals surface area contributed by atoms with Crippen molar-refractivity contribution < 1.29 is 19.7 Å². The topological polar surface area (TPSA) is 66.8 Å². The van der Waals surface area contributed by atoms with E-state index in [-0.39, 0.29) is 6.61 Å². The predicted octanol–water partition coefficient (Wildman–Crippen LogP) is 2.02. The lowest BCUT2D eigenvalue weighted by atomic mass is 9.95. The number of carbonyl (C=O) groups is 1. The molecule has 1 aromatic rings. The molecule has 2 N–H and O–H groups in total. The number of aliphatic hydroxyl groups excluding tert-OH is 2. The van der Waals surface area contributed by atoms with Gasteiger partial charge in [-0.25, -0.2) is 4.79 Å². The van der Waals surface area contributed by atoms with Gasteiger partial charge in [-0.2, -0.15) is 0 Å². The second-order valence-electron chi connectivity index (χ2n) is 4.09. The van der Waals surface area contributed by atoms with Gasteiger partial charge in [0, 0.05) is 4.47 Å². The first-order valence-electron chi connectivity index (χ1n) is 5.67. The Hall–Kier alpha value is -0.910. The third-order valence-corrected chi connectivity index (χ3v) is 3.14. The lowest BCUT2D eigenvalue weighted by Crippen LogP contribution is -2.30. The van der Waals surface area contributed by atoms with Gasteiger partial charge in [0.05, 0.1) is 6.61 Å². The number of ether oxygens (including phenoxy) is 1. The molecule has 1 aromatic carbocycles. The number of hydrogen-bond acceptors (Lipinski definition) is 4. The number of rotatable bonds is 4. The molecule has 2 unspecified atom stereocenters. The second kappa shape index (κ2) is 6.31. The fraction of sp³-hybridized carbons (Fsp3) is 0.462. The molecular weight excluding hydrogens is 300 g/mol. The zero-order valence-corrected chi connectivity index (χ0v) is 12.2. The Morgan fingerprint density at radius 2 is 1.83 bits per heavy atom. The summed E-state index contributed by atoms with van der Waals surface area (Å²) in [5.41, 5.74) is 2.16. The summed E-state index contributed by atoms with van der Waals surface area (Å²) in [5.74, 6) is -0.813. The highest BCUT2D eigenvalue weighted by Gasteiger charge is 2.29. The molecule has 100 valence electrons. The number of hydrogen-bond donors (Lipinski definition) is 2. The van der Waals surface area contributed by atoms with Gasteiger partial charge >= 0.3 is 5.97 Å². The molecule has 0 heterocycles. The number of esters is 1. The summed E-state index contributed by atoms with van der Waals surface area (Å²) in [5, 5.41) is 19.8. The van der Waals surface area contributed by atoms with Gasteiger partial charge in [-0.15, -0.1) is 0 Å². The predicted molar refractivity (Wildman–Crippen MR) is 71.2 cm³/mol. The maximum Gasteiger partial charge on any atom is 0.338 e. The van der Waals surface area contributed by atoms with Crippen molar-refractivity contribution in [3.05, 3.63) is 33.3 Å². The normalized spacial score (nSPS) is 14.1. The van der Waals surface area contributed by atoms with E-state index in [1.54, 1.807) is 6.92 Å². The second-order valence-corrected chi connectivity index (χ2v) is 5.01. The van der Waals surface area contributed by atoms with Gasteiger partial charge in [-0.3, -0.25) is 0 Å². The van der Waals surface area contributed by atoms with Crippen LogP contribution >= 0.6 is 15.9 Å². The Kier molecular flexibility index (Phi) is 5.31. The highest BCUT2D eigenvalue weighted by molar-refractivity contribution is 9.10. The van der Waals surface area contributed by atoms with Gasteiger partial charge in [-0.1, -0.05) is 15.9 Å². The molecule has 0 aliphatic carbocycles. The van der Waals surface area contributed by atoms with E-state index in [0.29, 0.717) is 5.56 Å². The van der Waals surface area contributed by atoms with Gasteiger partial charge < -0.3 is 14.9 Å². The van der Waals surface area contributed by atoms with E-state index in [1.165, 1.54) is 0 Å². The summed E-state index contributed by atoms with van der Waals surface area (Å²) in [6, 6.07) is 3.65. The number of aryl methyl sites for hydroxylation is 2. The van der Waals surface area contributed by atoms with E-state index in [2.05, 4.69) is 15.9 Å². The van der Waals surface area contributed by atoms with Crippen molar-refractivity contribution in [2.24, 2.45) is 0 Å². The Morgan fingerprint density at radius 1 is 1.33 bits per heavy atom. The Balaban J connectivity index is 3.03. The SMILES string of the molecule is CCOC(=O)C(O)C(O)c1c(C)cc(Br)cc1C. The zero-order valence-electron chi connectivity index (χ0n) is 10.6. The molecule has 0 saturated heterocycles. The number of benzene rings is 1. The molecule has 2 atom stereocenters. The van der Waals surface area contributed by atoms with Crippen LogP contribution in [0.3, 0.4) is 0 Å². The Bertz CT molecular complexity index is 422. The number of halogens is 1. The van der Waals surface area contributed by atoms with Crippen LogP contribution in [0.5, 0.6) is 0 Å². The molecule has 0 radical (unpaired) electrons. The molecule has 0 aliphatic heterocycles. The molecule has 4 nitrogen and oxygen atoms in total. The van der Waals surface area contributed by atoms with Crippen molar-refractivity contribution in [1.29, 1.82) is 0 Å². The molecule has 1 rings (SSSR count). The maximum absolute atomic E-state index is 11.4. The van der Waals surface area contributed by atoms with Crippen LogP contribution in [0.4, 0.5) is 0 Å². The molecule has 0 spiro atoms. The highest BCUT2D eigenvalue weighted by Crippen LogP contribution is 2.28. The van der Waals surface area contributed by atoms with Gasteiger partial charge in [0.15, 0.2) is 6.10 Å². The van der Waals surface area contributed by atoms with Gasteiger partial charge in [0.25, 0.3) is 0 Å². The standard InChI is InChI=1S/C13H17BrO4/c1-4-18-13(17)12(16)11(15)10-7(2)5-9(14)6-8(10)3/h5-6,11-12,15-16H,4H2,1-3H3. The monoisotopic (exact) mass is 316 g/mol. The molecule has 18 heavy (non-hydrogen) atoms. The fourth-order valence-corrected chi connectivity index (χ4v) is 2.59. The number of aliphatic hydroxyl groups is 2. The lowest BCUT2D eigenvalue weighted by Gasteiger charge is -2.20. The largest absolute Gasteiger partial charge is 0.464 e. The van der Waals surface area contributed by atoms with Crippen molar-refractivity contribution >= 4 is 21.9 Å². The van der Waals surface area contributed by atoms with Crippen molar-refractivity contribution in [3.8, 4) is 0 Å². The molecular formula is C13H17BrO4. The summed E-state index contributed by atoms with van der Waals surface area (Å²) in [6.07, 6.45) is -2.85. The van der Waals surface area contributed by atoms with Crippen molar-refractivity contribution in [2.45, 2.75) is 33.0 Å². The van der Waals surface area contributed by atoms with Crippen molar-refractivity contribution in [1.82, 2.24) is 0 Å². The molecule has 0 aliphatic rings. The minimum absolute atomic E-state index is 0.168. The third kappa shape index (κ3) is 3.31. The average Bonchev–Trinajstić information content (AvgIpc) is 2.26. The molecule has 0 fully saturated rings. The first-order chi connectivity index (χ1) is 8.38. The first-order valence-corrected chi connectivity index (χ1v) is 6.47. The Morgan fingerprint density at radius 3 is 2.28 bits per heavy atom. The van der Waals surface area contributed by atoms with Crippen LogP contribution in [0.1, 0.15) is 29.7 Å². The third-order valence-electron chi connectivity index (χ3n) is 2.68. The fourth-order valence-electron chi connectivity index (χ4n) is 1.90. The van der Waals surface area contributed by atoms with E-state index in [9.17, 15) is 15.0 Å². The van der Waals surface area contributed by atoms with E-state index in [0.717, 1.165) is 15.6 Å². The van der Waals surface area contributed by atoms with Crippen LogP contribution in [-0.2, 0) is 9.53 Å². The summed E-state index contributed by atoms with van der Waals surface area (Å²) >= 11 is 3.35. The van der Waals surface area contributed by atoms with E-state index in [1.807, 2.05) is 26.0 Å². The lowest BCUT2D eigenvalue weighted by molar-refractivity contribution is -0.159. The average molecular weight is 317 g/mol. The number of carbonyl (C=O) groups excluding carboxylic acids is 1. The maximum atomic E-state index is 11.4. The summed E-state index contributed by atoms with van der Waals surface area (Å²) < 4.78 is 5.58. The quantitative estimate of drug-likeness (QED) is 0.834. The molecule has 0 bridgehead atoms. The van der Waals surface area contributed by atoms with Gasteiger partial charge in [-0.05, 0) is 49.6 Å². The van der Waals surface area contributed by atoms with Crippen molar-refractivity contribution in [3.63, 3.8) is 0 Å². The summed E-state index contributed by atoms with van der Waals surface area (Å²) in [6.45, 7) is 5.44. The molecule has 0 amide bonds. The van der Waals surface area contributed by atoms with Crippen LogP contribution in [0, 0.1) is 13.8 Å². The summed E-state index contributed by atoms with van der Waals surface area (Å²) in [7, 11) is 0. The van der Waals surface area contributed by atoms with E-state index in [4.69, 9.17) is 4.74 Å². The van der Waals surface area contributed by atoms with Crippen LogP contribution in [0.2, 0.25) is 0 Å².